The molecule has 3 aromatic heterocycles. The van der Waals surface area contributed by atoms with Crippen molar-refractivity contribution in [2.24, 2.45) is 0 Å². The van der Waals surface area contributed by atoms with Crippen LogP contribution in [0.4, 0.5) is 0 Å². The summed E-state index contributed by atoms with van der Waals surface area (Å²) in [5, 5.41) is 12.1. The number of nitrogens with one attached hydrogen (secondary N) is 1. The highest BCUT2D eigenvalue weighted by Crippen LogP contribution is 2.24. The summed E-state index contributed by atoms with van der Waals surface area (Å²) < 4.78 is 9.68. The molecule has 4 rings (SSSR count). The molecule has 154 valence electrons. The van der Waals surface area contributed by atoms with E-state index >= 15 is 0 Å². The monoisotopic (exact) mass is 406 g/mol. The number of hydrogen-bond donors (Lipinski definition) is 1. The van der Waals surface area contributed by atoms with Crippen molar-refractivity contribution >= 4 is 16.8 Å². The third-order valence-electron chi connectivity index (χ3n) is 4.69. The standard InChI is InChI=1S/C21H22N6O3/c1-15-19-18(21(29)26(23-15)14-17(28)22-10-13-30-2)20(25-11-6-7-12-25)27(24-19)16-8-4-3-5-9-16/h3-9,11-12H,10,13-14H2,1-2H3,(H,22,28). The molecule has 0 radical (unpaired) electrons. The lowest BCUT2D eigenvalue weighted by Crippen LogP contribution is -2.35. The van der Waals surface area contributed by atoms with Crippen LogP contribution in [0, 0.1) is 6.92 Å². The highest BCUT2D eigenvalue weighted by atomic mass is 16.5. The molecule has 4 aromatic rings. The van der Waals surface area contributed by atoms with Crippen LogP contribution in [0.15, 0.2) is 59.7 Å². The molecule has 1 aromatic carbocycles. The molecule has 1 N–H and O–H groups in total. The Morgan fingerprint density at radius 1 is 1.10 bits per heavy atom. The first-order chi connectivity index (χ1) is 14.6. The Morgan fingerprint density at radius 2 is 1.83 bits per heavy atom. The molecular weight excluding hydrogens is 384 g/mol. The molecule has 0 aliphatic heterocycles. The zero-order chi connectivity index (χ0) is 21.1. The maximum Gasteiger partial charge on any atom is 0.280 e. The lowest BCUT2D eigenvalue weighted by molar-refractivity contribution is -0.122. The van der Waals surface area contributed by atoms with Gasteiger partial charge in [-0.25, -0.2) is 9.36 Å². The molecule has 0 unspecified atom stereocenters. The van der Waals surface area contributed by atoms with Gasteiger partial charge in [0.1, 0.15) is 17.4 Å². The number of fused-ring (bicyclic) bond motifs is 1. The summed E-state index contributed by atoms with van der Waals surface area (Å²) in [6.45, 7) is 2.36. The molecule has 0 bridgehead atoms. The number of nitrogens with zero attached hydrogens (tertiary/aromatic N) is 5. The Morgan fingerprint density at radius 3 is 2.53 bits per heavy atom. The number of methoxy groups -OCH3 is 1. The normalized spacial score (nSPS) is 11.1. The average Bonchev–Trinajstić information content (AvgIpc) is 3.40. The van der Waals surface area contributed by atoms with Crippen LogP contribution in [0.3, 0.4) is 0 Å². The molecule has 1 amide bonds. The maximum atomic E-state index is 13.3. The number of aryl methyl sites for hydroxylation is 1. The van der Waals surface area contributed by atoms with Crippen LogP contribution in [-0.2, 0) is 16.1 Å². The van der Waals surface area contributed by atoms with Gasteiger partial charge in [0.25, 0.3) is 5.56 Å². The van der Waals surface area contributed by atoms with Gasteiger partial charge < -0.3 is 14.6 Å². The SMILES string of the molecule is COCCNC(=O)Cn1nc(C)c2nn(-c3ccccc3)c(-n3cccc3)c2c1=O. The fourth-order valence-corrected chi connectivity index (χ4v) is 3.32. The molecule has 3 heterocycles. The van der Waals surface area contributed by atoms with E-state index in [0.29, 0.717) is 35.6 Å². The van der Waals surface area contributed by atoms with Crippen molar-refractivity contribution < 1.29 is 9.53 Å². The smallest absolute Gasteiger partial charge is 0.280 e. The first-order valence-corrected chi connectivity index (χ1v) is 9.55. The number of para-hydroxylation sites is 1. The number of hydrogen-bond acceptors (Lipinski definition) is 5. The van der Waals surface area contributed by atoms with Crippen LogP contribution in [0.1, 0.15) is 5.69 Å². The molecule has 0 atom stereocenters. The summed E-state index contributed by atoms with van der Waals surface area (Å²) in [4.78, 5) is 25.6. The van der Waals surface area contributed by atoms with E-state index in [1.165, 1.54) is 4.68 Å². The number of rotatable bonds is 7. The largest absolute Gasteiger partial charge is 0.383 e. The molecule has 0 aliphatic rings. The minimum absolute atomic E-state index is 0.180. The van der Waals surface area contributed by atoms with E-state index in [9.17, 15) is 9.59 Å². The number of carbonyl (C=O) groups is 1. The summed E-state index contributed by atoms with van der Waals surface area (Å²) in [5.41, 5.74) is 1.52. The van der Waals surface area contributed by atoms with Gasteiger partial charge in [0.05, 0.1) is 18.0 Å². The van der Waals surface area contributed by atoms with Crippen LogP contribution in [-0.4, -0.2) is 50.3 Å². The molecule has 9 heteroatoms. The molecule has 0 fully saturated rings. The lowest BCUT2D eigenvalue weighted by atomic mass is 10.2. The summed E-state index contributed by atoms with van der Waals surface area (Å²) in [6, 6.07) is 13.3. The highest BCUT2D eigenvalue weighted by molar-refractivity contribution is 5.88. The van der Waals surface area contributed by atoms with Crippen molar-refractivity contribution in [2.75, 3.05) is 20.3 Å². The van der Waals surface area contributed by atoms with Gasteiger partial charge in [0.2, 0.25) is 5.91 Å². The van der Waals surface area contributed by atoms with Gasteiger partial charge in [-0.2, -0.15) is 10.2 Å². The minimum Gasteiger partial charge on any atom is -0.383 e. The van der Waals surface area contributed by atoms with Gasteiger partial charge >= 0.3 is 0 Å². The number of ether oxygens (including phenoxy) is 1. The van der Waals surface area contributed by atoms with Gasteiger partial charge in [0, 0.05) is 26.0 Å². The predicted molar refractivity (Wildman–Crippen MR) is 112 cm³/mol. The number of amides is 1. The summed E-state index contributed by atoms with van der Waals surface area (Å²) in [5.74, 6) is 0.295. The van der Waals surface area contributed by atoms with Gasteiger partial charge in [0.15, 0.2) is 5.82 Å². The van der Waals surface area contributed by atoms with E-state index in [1.807, 2.05) is 59.4 Å². The average molecular weight is 406 g/mol. The van der Waals surface area contributed by atoms with Crippen molar-refractivity contribution in [3.63, 3.8) is 0 Å². The third-order valence-corrected chi connectivity index (χ3v) is 4.69. The molecule has 0 spiro atoms. The summed E-state index contributed by atoms with van der Waals surface area (Å²) in [7, 11) is 1.56. The predicted octanol–water partition coefficient (Wildman–Crippen LogP) is 1.44. The van der Waals surface area contributed by atoms with Crippen LogP contribution in [0.5, 0.6) is 0 Å². The zero-order valence-electron chi connectivity index (χ0n) is 16.8. The van der Waals surface area contributed by atoms with Crippen molar-refractivity contribution in [1.29, 1.82) is 0 Å². The van der Waals surface area contributed by atoms with E-state index in [4.69, 9.17) is 4.74 Å². The fraction of sp³-hybridized carbons (Fsp3) is 0.238. The Bertz CT molecular complexity index is 1230. The van der Waals surface area contributed by atoms with Gasteiger partial charge in [-0.05, 0) is 31.2 Å². The maximum absolute atomic E-state index is 13.3. The molecule has 9 nitrogen and oxygen atoms in total. The highest BCUT2D eigenvalue weighted by Gasteiger charge is 2.22. The van der Waals surface area contributed by atoms with Crippen LogP contribution in [0.2, 0.25) is 0 Å². The molecular formula is C21H22N6O3. The molecule has 0 saturated heterocycles. The lowest BCUT2D eigenvalue weighted by Gasteiger charge is -2.09. The Balaban J connectivity index is 1.87. The van der Waals surface area contributed by atoms with E-state index in [-0.39, 0.29) is 18.0 Å². The second-order valence-electron chi connectivity index (χ2n) is 6.78. The van der Waals surface area contributed by atoms with Crippen molar-refractivity contribution in [3.05, 3.63) is 70.9 Å². The minimum atomic E-state index is -0.372. The second-order valence-corrected chi connectivity index (χ2v) is 6.78. The Kier molecular flexibility index (Phi) is 5.44. The molecule has 0 saturated carbocycles. The summed E-state index contributed by atoms with van der Waals surface area (Å²) >= 11 is 0. The molecule has 0 aliphatic carbocycles. The second kappa shape index (κ2) is 8.34. The first-order valence-electron chi connectivity index (χ1n) is 9.55. The van der Waals surface area contributed by atoms with E-state index in [2.05, 4.69) is 15.5 Å². The van der Waals surface area contributed by atoms with Crippen LogP contribution in [0.25, 0.3) is 22.4 Å². The summed E-state index contributed by atoms with van der Waals surface area (Å²) in [6.07, 6.45) is 3.71. The Labute approximate surface area is 172 Å². The fourth-order valence-electron chi connectivity index (χ4n) is 3.32. The van der Waals surface area contributed by atoms with Crippen molar-refractivity contribution in [1.82, 2.24) is 29.4 Å². The number of aromatic nitrogens is 5. The van der Waals surface area contributed by atoms with E-state index in [0.717, 1.165) is 5.69 Å². The number of benzene rings is 1. The van der Waals surface area contributed by atoms with Crippen molar-refractivity contribution in [3.8, 4) is 11.5 Å². The van der Waals surface area contributed by atoms with E-state index in [1.54, 1.807) is 18.7 Å². The number of carbonyl (C=O) groups excluding carboxylic acids is 1. The quantitative estimate of drug-likeness (QED) is 0.469. The van der Waals surface area contributed by atoms with Crippen LogP contribution >= 0.6 is 0 Å². The first kappa shape index (κ1) is 19.6. The third kappa shape index (κ3) is 3.62. The van der Waals surface area contributed by atoms with Gasteiger partial charge in [-0.3, -0.25) is 9.59 Å². The van der Waals surface area contributed by atoms with Crippen LogP contribution < -0.4 is 10.9 Å². The van der Waals surface area contributed by atoms with Gasteiger partial charge in [-0.1, -0.05) is 18.2 Å². The van der Waals surface area contributed by atoms with E-state index < -0.39 is 0 Å². The van der Waals surface area contributed by atoms with Crippen molar-refractivity contribution in [2.45, 2.75) is 13.5 Å². The molecule has 30 heavy (non-hydrogen) atoms. The zero-order valence-corrected chi connectivity index (χ0v) is 16.8. The topological polar surface area (TPSA) is 96.0 Å². The Hall–Kier alpha value is -3.72. The van der Waals surface area contributed by atoms with Gasteiger partial charge in [-0.15, -0.1) is 0 Å².